The van der Waals surface area contributed by atoms with Crippen LogP contribution < -0.4 is 0 Å². The maximum Gasteiger partial charge on any atom is 0.340 e. The van der Waals surface area contributed by atoms with E-state index < -0.39 is 29.4 Å². The minimum absolute atomic E-state index is 0.00659. The number of carbonyl (C=O) groups excluding carboxylic acids is 2. The molecule has 0 radical (unpaired) electrons. The molecule has 3 heterocycles. The van der Waals surface area contributed by atoms with Crippen LogP contribution in [0, 0.1) is 0 Å². The Balaban J connectivity index is 1.70. The Kier molecular flexibility index (Phi) is 4.37. The Labute approximate surface area is 158 Å². The van der Waals surface area contributed by atoms with Gasteiger partial charge in [-0.05, 0) is 19.1 Å². The SMILES string of the molecule is CC1(CCc2oc3c(c2C(=O)O)C(=O)c2ncccc2C3=O)OC[C@@H](CO)O1. The fraction of sp³-hybridized carbons (Fsp3) is 0.368. The lowest BCUT2D eigenvalue weighted by atomic mass is 9.89. The summed E-state index contributed by atoms with van der Waals surface area (Å²) in [5, 5.41) is 18.8. The highest BCUT2D eigenvalue weighted by Gasteiger charge is 2.42. The molecule has 0 bridgehead atoms. The number of aryl methyl sites for hydroxylation is 1. The average molecular weight is 387 g/mol. The quantitative estimate of drug-likeness (QED) is 0.662. The van der Waals surface area contributed by atoms with Crippen LogP contribution >= 0.6 is 0 Å². The highest BCUT2D eigenvalue weighted by molar-refractivity contribution is 6.29. The molecule has 1 aliphatic carbocycles. The number of carbonyl (C=O) groups is 3. The van der Waals surface area contributed by atoms with E-state index in [-0.39, 0.29) is 60.0 Å². The summed E-state index contributed by atoms with van der Waals surface area (Å²) < 4.78 is 16.7. The van der Waals surface area contributed by atoms with Gasteiger partial charge < -0.3 is 24.1 Å². The smallest absolute Gasteiger partial charge is 0.340 e. The first-order valence-electron chi connectivity index (χ1n) is 8.70. The summed E-state index contributed by atoms with van der Waals surface area (Å²) in [5.74, 6) is -3.93. The summed E-state index contributed by atoms with van der Waals surface area (Å²) in [4.78, 5) is 41.3. The number of ether oxygens (including phenoxy) is 2. The first-order valence-corrected chi connectivity index (χ1v) is 8.70. The van der Waals surface area contributed by atoms with Gasteiger partial charge in [0, 0.05) is 19.0 Å². The zero-order valence-electron chi connectivity index (χ0n) is 14.9. The molecule has 146 valence electrons. The Morgan fingerprint density at radius 1 is 1.36 bits per heavy atom. The lowest BCUT2D eigenvalue weighted by molar-refractivity contribution is -0.161. The lowest BCUT2D eigenvalue weighted by Gasteiger charge is -2.22. The van der Waals surface area contributed by atoms with E-state index in [2.05, 4.69) is 4.98 Å². The van der Waals surface area contributed by atoms with Crippen LogP contribution in [0.4, 0.5) is 0 Å². The molecular formula is C19H17NO8. The maximum atomic E-state index is 12.8. The minimum atomic E-state index is -1.37. The number of fused-ring (bicyclic) bond motifs is 2. The molecule has 0 amide bonds. The van der Waals surface area contributed by atoms with Crippen LogP contribution in [-0.2, 0) is 15.9 Å². The van der Waals surface area contributed by atoms with Gasteiger partial charge in [0.05, 0.1) is 24.3 Å². The number of aromatic nitrogens is 1. The van der Waals surface area contributed by atoms with Crippen LogP contribution in [0.3, 0.4) is 0 Å². The second-order valence-corrected chi connectivity index (χ2v) is 6.83. The van der Waals surface area contributed by atoms with Crippen LogP contribution in [0.5, 0.6) is 0 Å². The van der Waals surface area contributed by atoms with E-state index in [0.29, 0.717) is 0 Å². The molecule has 2 atom stereocenters. The van der Waals surface area contributed by atoms with Crippen LogP contribution in [0.2, 0.25) is 0 Å². The van der Waals surface area contributed by atoms with E-state index in [9.17, 15) is 24.6 Å². The van der Waals surface area contributed by atoms with Gasteiger partial charge in [0.1, 0.15) is 23.1 Å². The van der Waals surface area contributed by atoms with Crippen molar-refractivity contribution in [3.63, 3.8) is 0 Å². The maximum absolute atomic E-state index is 12.8. The molecule has 0 saturated carbocycles. The molecule has 2 aliphatic rings. The molecule has 2 N–H and O–H groups in total. The molecule has 1 aliphatic heterocycles. The predicted molar refractivity (Wildman–Crippen MR) is 91.4 cm³/mol. The molecule has 9 nitrogen and oxygen atoms in total. The van der Waals surface area contributed by atoms with Gasteiger partial charge in [0.25, 0.3) is 0 Å². The first-order chi connectivity index (χ1) is 13.3. The van der Waals surface area contributed by atoms with E-state index >= 15 is 0 Å². The number of aliphatic hydroxyl groups is 1. The molecule has 0 spiro atoms. The molecule has 2 aromatic heterocycles. The Morgan fingerprint density at radius 3 is 2.82 bits per heavy atom. The lowest BCUT2D eigenvalue weighted by Crippen LogP contribution is -2.28. The second kappa shape index (κ2) is 6.62. The van der Waals surface area contributed by atoms with Crippen molar-refractivity contribution in [1.29, 1.82) is 0 Å². The third kappa shape index (κ3) is 2.84. The number of ketones is 2. The van der Waals surface area contributed by atoms with Gasteiger partial charge in [-0.3, -0.25) is 14.6 Å². The van der Waals surface area contributed by atoms with Crippen LogP contribution in [-0.4, -0.2) is 57.8 Å². The highest BCUT2D eigenvalue weighted by atomic mass is 16.7. The van der Waals surface area contributed by atoms with Gasteiger partial charge >= 0.3 is 5.97 Å². The summed E-state index contributed by atoms with van der Waals surface area (Å²) in [7, 11) is 0. The summed E-state index contributed by atoms with van der Waals surface area (Å²) >= 11 is 0. The van der Waals surface area contributed by atoms with Crippen LogP contribution in [0.25, 0.3) is 0 Å². The zero-order chi connectivity index (χ0) is 20.1. The van der Waals surface area contributed by atoms with E-state index in [0.717, 1.165) is 0 Å². The van der Waals surface area contributed by atoms with Gasteiger partial charge in [-0.2, -0.15) is 0 Å². The molecule has 2 aromatic rings. The summed E-state index contributed by atoms with van der Waals surface area (Å²) in [6, 6.07) is 2.97. The normalized spacial score (nSPS) is 23.6. The van der Waals surface area contributed by atoms with Gasteiger partial charge in [-0.1, -0.05) is 0 Å². The number of hydrogen-bond donors (Lipinski definition) is 2. The zero-order valence-corrected chi connectivity index (χ0v) is 14.9. The van der Waals surface area contributed by atoms with Gasteiger partial charge in [-0.15, -0.1) is 0 Å². The number of carboxylic acids is 1. The Morgan fingerprint density at radius 2 is 2.14 bits per heavy atom. The Hall–Kier alpha value is -2.88. The summed E-state index contributed by atoms with van der Waals surface area (Å²) in [5.41, 5.74) is -0.622. The average Bonchev–Trinajstić information content (AvgIpc) is 3.26. The minimum Gasteiger partial charge on any atom is -0.478 e. The molecule has 1 unspecified atom stereocenters. The molecule has 1 fully saturated rings. The van der Waals surface area contributed by atoms with Crippen molar-refractivity contribution < 1.29 is 38.5 Å². The first kappa shape index (κ1) is 18.5. The topological polar surface area (TPSA) is 136 Å². The van der Waals surface area contributed by atoms with Gasteiger partial charge in [0.15, 0.2) is 11.5 Å². The number of aliphatic hydroxyl groups excluding tert-OH is 1. The third-order valence-corrected chi connectivity index (χ3v) is 4.90. The third-order valence-electron chi connectivity index (χ3n) is 4.90. The van der Waals surface area contributed by atoms with Gasteiger partial charge in [0.2, 0.25) is 11.6 Å². The molecule has 1 saturated heterocycles. The molecule has 0 aromatic carbocycles. The standard InChI is InChI=1S/C19H17NO8/c1-19(26-8-9(7-21)28-19)5-4-11-12(18(24)25)13-16(23)14-10(3-2-6-20-14)15(22)17(13)27-11/h2-3,6,9,21H,4-5,7-8H2,1H3,(H,24,25)/t9-,19?/m1/s1. The number of aromatic carboxylic acids is 1. The second-order valence-electron chi connectivity index (χ2n) is 6.83. The van der Waals surface area contributed by atoms with Crippen molar-refractivity contribution in [2.24, 2.45) is 0 Å². The summed E-state index contributed by atoms with van der Waals surface area (Å²) in [6.45, 7) is 1.69. The fourth-order valence-corrected chi connectivity index (χ4v) is 3.52. The van der Waals surface area contributed by atoms with Crippen molar-refractivity contribution in [2.75, 3.05) is 13.2 Å². The number of carboxylic acid groups (broad SMARTS) is 1. The largest absolute Gasteiger partial charge is 0.478 e. The van der Waals surface area contributed by atoms with Crippen molar-refractivity contribution in [3.8, 4) is 0 Å². The fourth-order valence-electron chi connectivity index (χ4n) is 3.52. The van der Waals surface area contributed by atoms with E-state index in [4.69, 9.17) is 13.9 Å². The van der Waals surface area contributed by atoms with Crippen molar-refractivity contribution in [3.05, 3.63) is 52.2 Å². The van der Waals surface area contributed by atoms with E-state index in [1.54, 1.807) is 6.92 Å². The van der Waals surface area contributed by atoms with E-state index in [1.165, 1.54) is 18.3 Å². The predicted octanol–water partition coefficient (Wildman–Crippen LogP) is 1.20. The number of furan rings is 1. The number of rotatable bonds is 5. The number of nitrogens with zero attached hydrogens (tertiary/aromatic N) is 1. The monoisotopic (exact) mass is 387 g/mol. The van der Waals surface area contributed by atoms with E-state index in [1.807, 2.05) is 0 Å². The van der Waals surface area contributed by atoms with Gasteiger partial charge in [-0.25, -0.2) is 4.79 Å². The van der Waals surface area contributed by atoms with Crippen LogP contribution in [0.15, 0.2) is 22.7 Å². The highest BCUT2D eigenvalue weighted by Crippen LogP contribution is 2.35. The molecular weight excluding hydrogens is 370 g/mol. The molecule has 28 heavy (non-hydrogen) atoms. The van der Waals surface area contributed by atoms with Crippen molar-refractivity contribution in [1.82, 2.24) is 4.98 Å². The Bertz CT molecular complexity index is 994. The molecule has 9 heteroatoms. The van der Waals surface area contributed by atoms with Crippen molar-refractivity contribution in [2.45, 2.75) is 31.7 Å². The molecule has 4 rings (SSSR count). The van der Waals surface area contributed by atoms with Crippen LogP contribution in [0.1, 0.15) is 61.6 Å². The van der Waals surface area contributed by atoms with Crippen molar-refractivity contribution >= 4 is 17.5 Å². The number of hydrogen-bond acceptors (Lipinski definition) is 8. The number of pyridine rings is 1. The summed E-state index contributed by atoms with van der Waals surface area (Å²) in [6.07, 6.45) is 1.18.